The van der Waals surface area contributed by atoms with Crippen LogP contribution >= 0.6 is 11.8 Å². The van der Waals surface area contributed by atoms with Gasteiger partial charge in [0, 0.05) is 6.20 Å². The quantitative estimate of drug-likeness (QED) is 0.504. The minimum absolute atomic E-state index is 0.0556. The third-order valence-electron chi connectivity index (χ3n) is 5.26. The van der Waals surface area contributed by atoms with E-state index >= 15 is 0 Å². The predicted molar refractivity (Wildman–Crippen MR) is 116 cm³/mol. The number of fused-ring (bicyclic) bond motifs is 1. The molecular formula is C22H21N5O2S. The molecule has 0 spiro atoms. The second-order valence-corrected chi connectivity index (χ2v) is 8.42. The van der Waals surface area contributed by atoms with Crippen LogP contribution in [0.4, 0.5) is 0 Å². The van der Waals surface area contributed by atoms with Crippen molar-refractivity contribution >= 4 is 28.6 Å². The number of hydrogen-bond acceptors (Lipinski definition) is 6. The average Bonchev–Trinajstić information content (AvgIpc) is 3.21. The Morgan fingerprint density at radius 3 is 2.80 bits per heavy atom. The number of carbonyl (C=O) groups excluding carboxylic acids is 1. The average molecular weight is 420 g/mol. The number of nitriles is 1. The van der Waals surface area contributed by atoms with Gasteiger partial charge in [-0.2, -0.15) is 5.26 Å². The van der Waals surface area contributed by atoms with Gasteiger partial charge in [-0.05, 0) is 62.4 Å². The van der Waals surface area contributed by atoms with E-state index in [2.05, 4.69) is 21.4 Å². The van der Waals surface area contributed by atoms with Crippen molar-refractivity contribution in [2.24, 2.45) is 0 Å². The van der Waals surface area contributed by atoms with Crippen LogP contribution in [0.5, 0.6) is 0 Å². The number of benzene rings is 1. The lowest BCUT2D eigenvalue weighted by atomic mass is 10.0. The molecule has 1 saturated carbocycles. The molecule has 4 rings (SSSR count). The molecule has 1 N–H and O–H groups in total. The van der Waals surface area contributed by atoms with Gasteiger partial charge < -0.3 is 5.32 Å². The lowest BCUT2D eigenvalue weighted by Crippen LogP contribution is -2.45. The topological polar surface area (TPSA) is 101 Å². The van der Waals surface area contributed by atoms with Crippen LogP contribution in [-0.4, -0.2) is 31.7 Å². The third-order valence-corrected chi connectivity index (χ3v) is 6.20. The van der Waals surface area contributed by atoms with Gasteiger partial charge in [0.2, 0.25) is 5.91 Å². The van der Waals surface area contributed by atoms with Crippen molar-refractivity contribution in [2.75, 3.05) is 5.75 Å². The first-order chi connectivity index (χ1) is 14.5. The van der Waals surface area contributed by atoms with E-state index < -0.39 is 5.54 Å². The fourth-order valence-electron chi connectivity index (χ4n) is 3.73. The highest BCUT2D eigenvalue weighted by molar-refractivity contribution is 7.99. The Morgan fingerprint density at radius 2 is 2.07 bits per heavy atom. The maximum Gasteiger partial charge on any atom is 0.267 e. The number of carbonyl (C=O) groups is 1. The summed E-state index contributed by atoms with van der Waals surface area (Å²) < 4.78 is 1.45. The number of amides is 1. The van der Waals surface area contributed by atoms with Crippen molar-refractivity contribution in [3.8, 4) is 11.9 Å². The summed E-state index contributed by atoms with van der Waals surface area (Å²) in [4.78, 5) is 34.7. The van der Waals surface area contributed by atoms with Crippen LogP contribution in [0.3, 0.4) is 0 Å². The Balaban J connectivity index is 1.67. The molecule has 2 heterocycles. The number of nitrogens with one attached hydrogen (secondary N) is 1. The first-order valence-corrected chi connectivity index (χ1v) is 10.8. The number of aromatic nitrogens is 3. The maximum absolute atomic E-state index is 13.2. The largest absolute Gasteiger partial charge is 0.337 e. The van der Waals surface area contributed by atoms with Crippen molar-refractivity contribution in [1.29, 1.82) is 5.26 Å². The van der Waals surface area contributed by atoms with Crippen LogP contribution in [0.25, 0.3) is 16.7 Å². The van der Waals surface area contributed by atoms with Gasteiger partial charge in [-0.1, -0.05) is 23.9 Å². The molecule has 152 valence electrons. The number of hydrogen-bond donors (Lipinski definition) is 1. The van der Waals surface area contributed by atoms with Crippen LogP contribution in [0.2, 0.25) is 0 Å². The highest BCUT2D eigenvalue weighted by Gasteiger charge is 2.35. The minimum Gasteiger partial charge on any atom is -0.337 e. The van der Waals surface area contributed by atoms with Gasteiger partial charge in [0.25, 0.3) is 5.56 Å². The van der Waals surface area contributed by atoms with Gasteiger partial charge in [0.05, 0.1) is 22.7 Å². The van der Waals surface area contributed by atoms with E-state index in [1.165, 1.54) is 16.3 Å². The molecule has 2 aromatic heterocycles. The SMILES string of the molecule is Cc1ccnc(-n2c(SCC(=O)NC3(C#N)CCCC3)nc3ccccc3c2=O)c1. The molecule has 8 heteroatoms. The molecular weight excluding hydrogens is 398 g/mol. The molecule has 0 aliphatic heterocycles. The summed E-state index contributed by atoms with van der Waals surface area (Å²) in [6.07, 6.45) is 4.86. The first kappa shape index (κ1) is 20.1. The zero-order valence-corrected chi connectivity index (χ0v) is 17.4. The van der Waals surface area contributed by atoms with Gasteiger partial charge in [0.15, 0.2) is 5.16 Å². The molecule has 0 radical (unpaired) electrons. The lowest BCUT2D eigenvalue weighted by molar-refractivity contribution is -0.119. The van der Waals surface area contributed by atoms with Crippen LogP contribution < -0.4 is 10.9 Å². The molecule has 0 bridgehead atoms. The van der Waals surface area contributed by atoms with E-state index in [1.54, 1.807) is 24.4 Å². The van der Waals surface area contributed by atoms with Gasteiger partial charge in [0.1, 0.15) is 11.4 Å². The maximum atomic E-state index is 13.2. The standard InChI is InChI=1S/C22H21N5O2S/c1-15-8-11-24-18(12-15)27-20(29)16-6-2-3-7-17(16)25-21(27)30-13-19(28)26-22(14-23)9-4-5-10-22/h2-3,6-8,11-12H,4-5,9-10,13H2,1H3,(H,26,28). The van der Waals surface area contributed by atoms with E-state index in [9.17, 15) is 14.9 Å². The van der Waals surface area contributed by atoms with Crippen molar-refractivity contribution in [3.05, 3.63) is 58.5 Å². The lowest BCUT2D eigenvalue weighted by Gasteiger charge is -2.22. The Hall–Kier alpha value is -3.18. The van der Waals surface area contributed by atoms with E-state index in [-0.39, 0.29) is 17.2 Å². The van der Waals surface area contributed by atoms with Crippen LogP contribution in [-0.2, 0) is 4.79 Å². The number of pyridine rings is 1. The normalized spacial score (nSPS) is 15.1. The summed E-state index contributed by atoms with van der Waals surface area (Å²) in [6, 6.07) is 13.0. The number of para-hydroxylation sites is 1. The molecule has 1 fully saturated rings. The van der Waals surface area contributed by atoms with E-state index in [0.29, 0.717) is 34.7 Å². The highest BCUT2D eigenvalue weighted by Crippen LogP contribution is 2.29. The molecule has 1 aliphatic rings. The van der Waals surface area contributed by atoms with Crippen LogP contribution in [0.15, 0.2) is 52.5 Å². The summed E-state index contributed by atoms with van der Waals surface area (Å²) in [5.74, 6) is 0.278. The van der Waals surface area contributed by atoms with Crippen molar-refractivity contribution in [2.45, 2.75) is 43.3 Å². The smallest absolute Gasteiger partial charge is 0.267 e. The van der Waals surface area contributed by atoms with E-state index in [0.717, 1.165) is 18.4 Å². The summed E-state index contributed by atoms with van der Waals surface area (Å²) >= 11 is 1.17. The number of nitrogens with zero attached hydrogens (tertiary/aromatic N) is 4. The Labute approximate surface area is 178 Å². The molecule has 7 nitrogen and oxygen atoms in total. The molecule has 30 heavy (non-hydrogen) atoms. The monoisotopic (exact) mass is 419 g/mol. The zero-order chi connectivity index (χ0) is 21.1. The zero-order valence-electron chi connectivity index (χ0n) is 16.6. The highest BCUT2D eigenvalue weighted by atomic mass is 32.2. The van der Waals surface area contributed by atoms with E-state index in [1.807, 2.05) is 25.1 Å². The molecule has 1 amide bonds. The fourth-order valence-corrected chi connectivity index (χ4v) is 4.53. The Bertz CT molecular complexity index is 1210. The molecule has 0 saturated heterocycles. The number of rotatable bonds is 5. The van der Waals surface area contributed by atoms with Crippen molar-refractivity contribution in [3.63, 3.8) is 0 Å². The molecule has 1 aliphatic carbocycles. The third kappa shape index (κ3) is 3.94. The number of thioether (sulfide) groups is 1. The van der Waals surface area contributed by atoms with Gasteiger partial charge >= 0.3 is 0 Å². The second kappa shape index (κ2) is 8.28. The molecule has 0 atom stereocenters. The van der Waals surface area contributed by atoms with Gasteiger partial charge in [-0.3, -0.25) is 9.59 Å². The minimum atomic E-state index is -0.772. The number of aryl methyl sites for hydroxylation is 1. The molecule has 1 aromatic carbocycles. The summed E-state index contributed by atoms with van der Waals surface area (Å²) in [6.45, 7) is 1.92. The summed E-state index contributed by atoms with van der Waals surface area (Å²) in [5.41, 5.74) is 0.530. The second-order valence-electron chi connectivity index (χ2n) is 7.48. The molecule has 3 aromatic rings. The molecule has 0 unspecified atom stereocenters. The van der Waals surface area contributed by atoms with E-state index in [4.69, 9.17) is 0 Å². The fraction of sp³-hybridized carbons (Fsp3) is 0.318. The van der Waals surface area contributed by atoms with Crippen LogP contribution in [0.1, 0.15) is 31.2 Å². The van der Waals surface area contributed by atoms with Crippen molar-refractivity contribution < 1.29 is 4.79 Å². The van der Waals surface area contributed by atoms with Gasteiger partial charge in [-0.15, -0.1) is 0 Å². The Morgan fingerprint density at radius 1 is 1.30 bits per heavy atom. The first-order valence-electron chi connectivity index (χ1n) is 9.81. The van der Waals surface area contributed by atoms with Gasteiger partial charge in [-0.25, -0.2) is 14.5 Å². The predicted octanol–water partition coefficient (Wildman–Crippen LogP) is 3.13. The Kier molecular flexibility index (Phi) is 5.55. The van der Waals surface area contributed by atoms with Crippen molar-refractivity contribution in [1.82, 2.24) is 19.9 Å². The summed E-state index contributed by atoms with van der Waals surface area (Å²) in [5, 5.41) is 13.3. The van der Waals surface area contributed by atoms with Crippen LogP contribution in [0, 0.1) is 18.3 Å². The summed E-state index contributed by atoms with van der Waals surface area (Å²) in [7, 11) is 0.